The first-order valence-electron chi connectivity index (χ1n) is 10.3. The van der Waals surface area contributed by atoms with Crippen molar-refractivity contribution in [3.05, 3.63) is 81.8 Å². The molecular weight excluding hydrogens is 362 g/mol. The van der Waals surface area contributed by atoms with Crippen LogP contribution in [0.2, 0.25) is 0 Å². The summed E-state index contributed by atoms with van der Waals surface area (Å²) in [7, 11) is 0. The van der Waals surface area contributed by atoms with Gasteiger partial charge in [0.15, 0.2) is 0 Å². The second-order valence-corrected chi connectivity index (χ2v) is 7.51. The zero-order valence-corrected chi connectivity index (χ0v) is 16.9. The van der Waals surface area contributed by atoms with Crippen LogP contribution in [0.4, 0.5) is 0 Å². The van der Waals surface area contributed by atoms with Crippen molar-refractivity contribution in [2.24, 2.45) is 0 Å². The fraction of sp³-hybridized carbons (Fsp3) is 0.333. The summed E-state index contributed by atoms with van der Waals surface area (Å²) in [5.41, 5.74) is 3.84. The van der Waals surface area contributed by atoms with Crippen LogP contribution in [0.25, 0.3) is 11.4 Å². The van der Waals surface area contributed by atoms with Crippen molar-refractivity contribution in [1.29, 1.82) is 0 Å². The van der Waals surface area contributed by atoms with Crippen molar-refractivity contribution in [2.75, 3.05) is 13.2 Å². The van der Waals surface area contributed by atoms with E-state index in [4.69, 9.17) is 9.72 Å². The van der Waals surface area contributed by atoms with Crippen molar-refractivity contribution in [3.8, 4) is 17.1 Å². The Labute approximate surface area is 171 Å². The van der Waals surface area contributed by atoms with E-state index < -0.39 is 0 Å². The Bertz CT molecular complexity index is 997. The van der Waals surface area contributed by atoms with E-state index in [1.165, 1.54) is 5.56 Å². The molecule has 0 bridgehead atoms. The Kier molecular flexibility index (Phi) is 6.06. The third kappa shape index (κ3) is 4.74. The molecule has 5 nitrogen and oxygen atoms in total. The standard InChI is InChI=1S/C24H27N3O2/c1-2-3-15-29-20-11-9-18(10-12-20)16-27-14-13-22-21(17-27)24(28)26-23(25-22)19-7-5-4-6-8-19/h4-12H,2-3,13-17H2,1H3,(H,25,26,28). The van der Waals surface area contributed by atoms with Crippen molar-refractivity contribution < 1.29 is 4.74 Å². The largest absolute Gasteiger partial charge is 0.494 e. The molecule has 150 valence electrons. The van der Waals surface area contributed by atoms with Gasteiger partial charge in [0.1, 0.15) is 11.6 Å². The van der Waals surface area contributed by atoms with Gasteiger partial charge < -0.3 is 9.72 Å². The molecule has 0 amide bonds. The van der Waals surface area contributed by atoms with Gasteiger partial charge in [-0.25, -0.2) is 4.98 Å². The minimum atomic E-state index is -0.0294. The van der Waals surface area contributed by atoms with Gasteiger partial charge in [-0.05, 0) is 24.1 Å². The molecule has 3 aromatic rings. The summed E-state index contributed by atoms with van der Waals surface area (Å²) in [5, 5.41) is 0. The Morgan fingerprint density at radius 2 is 1.90 bits per heavy atom. The van der Waals surface area contributed by atoms with Crippen LogP contribution in [0, 0.1) is 0 Å². The van der Waals surface area contributed by atoms with Crippen molar-refractivity contribution in [1.82, 2.24) is 14.9 Å². The number of hydrogen-bond donors (Lipinski definition) is 1. The fourth-order valence-electron chi connectivity index (χ4n) is 3.63. The second kappa shape index (κ2) is 9.05. The molecule has 29 heavy (non-hydrogen) atoms. The Morgan fingerprint density at radius 1 is 1.10 bits per heavy atom. The lowest BCUT2D eigenvalue weighted by Gasteiger charge is -2.27. The van der Waals surface area contributed by atoms with E-state index in [1.54, 1.807) is 0 Å². The van der Waals surface area contributed by atoms with Gasteiger partial charge in [-0.15, -0.1) is 0 Å². The predicted molar refractivity (Wildman–Crippen MR) is 115 cm³/mol. The molecule has 5 heteroatoms. The molecular formula is C24H27N3O2. The SMILES string of the molecule is CCCCOc1ccc(CN2CCc3nc(-c4ccccc4)[nH]c(=O)c3C2)cc1. The quantitative estimate of drug-likeness (QED) is 0.616. The second-order valence-electron chi connectivity index (χ2n) is 7.51. The molecule has 2 aromatic carbocycles. The highest BCUT2D eigenvalue weighted by Gasteiger charge is 2.21. The van der Waals surface area contributed by atoms with Gasteiger partial charge in [-0.3, -0.25) is 9.69 Å². The first-order valence-corrected chi connectivity index (χ1v) is 10.3. The zero-order valence-electron chi connectivity index (χ0n) is 16.9. The normalized spacial score (nSPS) is 13.8. The molecule has 1 aromatic heterocycles. The third-order valence-electron chi connectivity index (χ3n) is 5.29. The van der Waals surface area contributed by atoms with E-state index >= 15 is 0 Å². The van der Waals surface area contributed by atoms with Gasteiger partial charge >= 0.3 is 0 Å². The van der Waals surface area contributed by atoms with Crippen molar-refractivity contribution in [2.45, 2.75) is 39.3 Å². The van der Waals surface area contributed by atoms with E-state index in [2.05, 4.69) is 28.9 Å². The molecule has 2 heterocycles. The van der Waals surface area contributed by atoms with Gasteiger partial charge in [0.2, 0.25) is 0 Å². The summed E-state index contributed by atoms with van der Waals surface area (Å²) in [4.78, 5) is 22.7. The van der Waals surface area contributed by atoms with Gasteiger partial charge in [-0.2, -0.15) is 0 Å². The summed E-state index contributed by atoms with van der Waals surface area (Å²) in [6.45, 7) is 5.26. The van der Waals surface area contributed by atoms with Crippen molar-refractivity contribution in [3.63, 3.8) is 0 Å². The highest BCUT2D eigenvalue weighted by atomic mass is 16.5. The number of unbranched alkanes of at least 4 members (excludes halogenated alkanes) is 1. The topological polar surface area (TPSA) is 58.2 Å². The lowest BCUT2D eigenvalue weighted by molar-refractivity contribution is 0.241. The van der Waals surface area contributed by atoms with Gasteiger partial charge in [-0.1, -0.05) is 55.8 Å². The van der Waals surface area contributed by atoms with Crippen LogP contribution < -0.4 is 10.3 Å². The number of nitrogens with zero attached hydrogens (tertiary/aromatic N) is 2. The molecule has 0 atom stereocenters. The first kappa shape index (κ1) is 19.4. The number of rotatable bonds is 7. The molecule has 0 unspecified atom stereocenters. The van der Waals surface area contributed by atoms with E-state index in [0.29, 0.717) is 12.4 Å². The van der Waals surface area contributed by atoms with E-state index in [-0.39, 0.29) is 5.56 Å². The highest BCUT2D eigenvalue weighted by molar-refractivity contribution is 5.54. The number of hydrogen-bond acceptors (Lipinski definition) is 4. The minimum absolute atomic E-state index is 0.0294. The number of ether oxygens (including phenoxy) is 1. The summed E-state index contributed by atoms with van der Waals surface area (Å²) in [5.74, 6) is 1.57. The lowest BCUT2D eigenvalue weighted by Crippen LogP contribution is -2.35. The van der Waals surface area contributed by atoms with Crippen LogP contribution in [0.5, 0.6) is 5.75 Å². The predicted octanol–water partition coefficient (Wildman–Crippen LogP) is 4.17. The minimum Gasteiger partial charge on any atom is -0.494 e. The Hall–Kier alpha value is -2.92. The van der Waals surface area contributed by atoms with E-state index in [0.717, 1.165) is 61.5 Å². The van der Waals surface area contributed by atoms with Gasteiger partial charge in [0, 0.05) is 31.6 Å². The number of benzene rings is 2. The molecule has 4 rings (SSSR count). The Balaban J connectivity index is 1.43. The maximum Gasteiger partial charge on any atom is 0.255 e. The van der Waals surface area contributed by atoms with Gasteiger partial charge in [0.05, 0.1) is 17.9 Å². The number of H-pyrrole nitrogens is 1. The fourth-order valence-corrected chi connectivity index (χ4v) is 3.63. The molecule has 0 radical (unpaired) electrons. The maximum absolute atomic E-state index is 12.7. The monoisotopic (exact) mass is 389 g/mol. The van der Waals surface area contributed by atoms with Crippen LogP contribution >= 0.6 is 0 Å². The summed E-state index contributed by atoms with van der Waals surface area (Å²) >= 11 is 0. The number of fused-ring (bicyclic) bond motifs is 1. The van der Waals surface area contributed by atoms with Crippen LogP contribution in [0.1, 0.15) is 36.6 Å². The molecule has 1 aliphatic rings. The molecule has 1 aliphatic heterocycles. The molecule has 0 spiro atoms. The van der Waals surface area contributed by atoms with E-state index in [9.17, 15) is 4.79 Å². The smallest absolute Gasteiger partial charge is 0.255 e. The molecule has 0 saturated carbocycles. The zero-order chi connectivity index (χ0) is 20.1. The molecule has 0 saturated heterocycles. The molecule has 0 fully saturated rings. The van der Waals surface area contributed by atoms with Crippen LogP contribution in [-0.2, 0) is 19.5 Å². The summed E-state index contributed by atoms with van der Waals surface area (Å²) in [6, 6.07) is 18.1. The number of nitrogens with one attached hydrogen (secondary N) is 1. The average Bonchev–Trinajstić information content (AvgIpc) is 2.76. The number of aromatic amines is 1. The number of aromatic nitrogens is 2. The van der Waals surface area contributed by atoms with E-state index in [1.807, 2.05) is 42.5 Å². The maximum atomic E-state index is 12.7. The molecule has 0 aliphatic carbocycles. The summed E-state index contributed by atoms with van der Waals surface area (Å²) < 4.78 is 5.73. The lowest BCUT2D eigenvalue weighted by atomic mass is 10.1. The molecule has 1 N–H and O–H groups in total. The highest BCUT2D eigenvalue weighted by Crippen LogP contribution is 2.21. The summed E-state index contributed by atoms with van der Waals surface area (Å²) in [6.07, 6.45) is 3.00. The third-order valence-corrected chi connectivity index (χ3v) is 5.29. The van der Waals surface area contributed by atoms with Gasteiger partial charge in [0.25, 0.3) is 5.56 Å². The average molecular weight is 389 g/mol. The van der Waals surface area contributed by atoms with Crippen LogP contribution in [-0.4, -0.2) is 28.0 Å². The van der Waals surface area contributed by atoms with Crippen LogP contribution in [0.15, 0.2) is 59.4 Å². The first-order chi connectivity index (χ1) is 14.2. The van der Waals surface area contributed by atoms with Crippen molar-refractivity contribution >= 4 is 0 Å². The van der Waals surface area contributed by atoms with Crippen LogP contribution in [0.3, 0.4) is 0 Å². The Morgan fingerprint density at radius 3 is 2.66 bits per heavy atom.